The van der Waals surface area contributed by atoms with Crippen LogP contribution in [0.15, 0.2) is 42.5 Å². The molecular weight excluding hydrogens is 271 g/mol. The topological polar surface area (TPSA) is 61.4 Å². The van der Waals surface area contributed by atoms with Crippen LogP contribution in [0.4, 0.5) is 20.6 Å². The molecule has 19 heavy (non-hydrogen) atoms. The van der Waals surface area contributed by atoms with Gasteiger partial charge in [0.2, 0.25) is 0 Å². The smallest absolute Gasteiger partial charge is 0.323 e. The molecule has 4 nitrogen and oxygen atoms in total. The number of halogens is 2. The maximum atomic E-state index is 13.4. The largest absolute Gasteiger partial charge is 0.508 e. The zero-order valence-electron chi connectivity index (χ0n) is 9.65. The third kappa shape index (κ3) is 3.35. The van der Waals surface area contributed by atoms with Crippen molar-refractivity contribution in [1.82, 2.24) is 0 Å². The normalized spacial score (nSPS) is 10.0. The molecule has 6 heteroatoms. The van der Waals surface area contributed by atoms with Gasteiger partial charge in [0.05, 0.1) is 16.4 Å². The minimum Gasteiger partial charge on any atom is -0.508 e. The SMILES string of the molecule is O=C(Nc1ccc(O)cc1F)Nc1ccccc1Cl. The van der Waals surface area contributed by atoms with E-state index in [4.69, 9.17) is 16.7 Å². The molecule has 0 saturated heterocycles. The first-order chi connectivity index (χ1) is 9.06. The van der Waals surface area contributed by atoms with Crippen molar-refractivity contribution in [3.63, 3.8) is 0 Å². The Morgan fingerprint density at radius 1 is 1.11 bits per heavy atom. The molecule has 0 radical (unpaired) electrons. The van der Waals surface area contributed by atoms with E-state index in [0.717, 1.165) is 6.07 Å². The highest BCUT2D eigenvalue weighted by molar-refractivity contribution is 6.33. The molecule has 0 spiro atoms. The maximum Gasteiger partial charge on any atom is 0.323 e. The average Bonchev–Trinajstić information content (AvgIpc) is 2.36. The summed E-state index contributed by atoms with van der Waals surface area (Å²) in [5, 5.41) is 14.2. The summed E-state index contributed by atoms with van der Waals surface area (Å²) in [6.45, 7) is 0. The van der Waals surface area contributed by atoms with Crippen LogP contribution in [0.1, 0.15) is 0 Å². The van der Waals surface area contributed by atoms with E-state index >= 15 is 0 Å². The highest BCUT2D eigenvalue weighted by Gasteiger charge is 2.09. The van der Waals surface area contributed by atoms with E-state index in [1.54, 1.807) is 24.3 Å². The van der Waals surface area contributed by atoms with Gasteiger partial charge in [-0.15, -0.1) is 0 Å². The van der Waals surface area contributed by atoms with Gasteiger partial charge in [0, 0.05) is 6.07 Å². The van der Waals surface area contributed by atoms with Gasteiger partial charge in [-0.3, -0.25) is 0 Å². The van der Waals surface area contributed by atoms with E-state index in [2.05, 4.69) is 10.6 Å². The Hall–Kier alpha value is -2.27. The molecular formula is C13H10ClFN2O2. The summed E-state index contributed by atoms with van der Waals surface area (Å²) in [6.07, 6.45) is 0. The molecule has 2 aromatic rings. The van der Waals surface area contributed by atoms with Crippen molar-refractivity contribution in [2.45, 2.75) is 0 Å². The number of nitrogens with one attached hydrogen (secondary N) is 2. The highest BCUT2D eigenvalue weighted by atomic mass is 35.5. The van der Waals surface area contributed by atoms with Crippen LogP contribution in [-0.2, 0) is 0 Å². The van der Waals surface area contributed by atoms with Crippen LogP contribution in [0.5, 0.6) is 5.75 Å². The van der Waals surface area contributed by atoms with E-state index in [9.17, 15) is 9.18 Å². The first kappa shape index (κ1) is 13.2. The van der Waals surface area contributed by atoms with Gasteiger partial charge >= 0.3 is 6.03 Å². The molecule has 0 aliphatic rings. The number of carbonyl (C=O) groups excluding carboxylic acids is 1. The first-order valence-corrected chi connectivity index (χ1v) is 5.75. The number of phenolic OH excluding ortho intramolecular Hbond substituents is 1. The molecule has 2 aromatic carbocycles. The molecule has 3 N–H and O–H groups in total. The Labute approximate surface area is 113 Å². The van der Waals surface area contributed by atoms with Crippen molar-refractivity contribution in [2.24, 2.45) is 0 Å². The molecule has 0 heterocycles. The second-order valence-corrected chi connectivity index (χ2v) is 4.13. The Bertz CT molecular complexity index is 619. The number of hydrogen-bond donors (Lipinski definition) is 3. The van der Waals surface area contributed by atoms with Crippen LogP contribution in [-0.4, -0.2) is 11.1 Å². The lowest BCUT2D eigenvalue weighted by Crippen LogP contribution is -2.20. The van der Waals surface area contributed by atoms with E-state index in [1.165, 1.54) is 12.1 Å². The fraction of sp³-hybridized carbons (Fsp3) is 0. The molecule has 2 amide bonds. The Kier molecular flexibility index (Phi) is 3.87. The van der Waals surface area contributed by atoms with Crippen LogP contribution in [0.3, 0.4) is 0 Å². The standard InChI is InChI=1S/C13H10ClFN2O2/c14-9-3-1-2-4-11(9)16-13(19)17-12-6-5-8(18)7-10(12)15/h1-7,18H,(H2,16,17,19). The average molecular weight is 281 g/mol. The summed E-state index contributed by atoms with van der Waals surface area (Å²) in [5.74, 6) is -0.941. The van der Waals surface area contributed by atoms with Crippen LogP contribution in [0.2, 0.25) is 5.02 Å². The van der Waals surface area contributed by atoms with Crippen LogP contribution < -0.4 is 10.6 Å². The summed E-state index contributed by atoms with van der Waals surface area (Å²) in [4.78, 5) is 11.7. The van der Waals surface area contributed by atoms with Gasteiger partial charge in [0.1, 0.15) is 11.6 Å². The van der Waals surface area contributed by atoms with Crippen LogP contribution >= 0.6 is 11.6 Å². The lowest BCUT2D eigenvalue weighted by molar-refractivity contribution is 0.262. The molecule has 0 aliphatic carbocycles. The second-order valence-electron chi connectivity index (χ2n) is 3.72. The quantitative estimate of drug-likeness (QED) is 0.732. The number of benzene rings is 2. The number of para-hydroxylation sites is 1. The van der Waals surface area contributed by atoms with Crippen LogP contribution in [0.25, 0.3) is 0 Å². The van der Waals surface area contributed by atoms with Gasteiger partial charge in [-0.25, -0.2) is 9.18 Å². The van der Waals surface area contributed by atoms with E-state index in [0.29, 0.717) is 10.7 Å². The monoisotopic (exact) mass is 280 g/mol. The van der Waals surface area contributed by atoms with Crippen molar-refractivity contribution in [3.8, 4) is 5.75 Å². The molecule has 0 aliphatic heterocycles. The minimum absolute atomic E-state index is 0.0395. The molecule has 0 aromatic heterocycles. The Balaban J connectivity index is 2.08. The second kappa shape index (κ2) is 5.58. The van der Waals surface area contributed by atoms with Crippen LogP contribution in [0, 0.1) is 5.82 Å². The third-order valence-corrected chi connectivity index (χ3v) is 2.65. The summed E-state index contributed by atoms with van der Waals surface area (Å²) in [6, 6.07) is 9.50. The lowest BCUT2D eigenvalue weighted by Gasteiger charge is -2.09. The van der Waals surface area contributed by atoms with E-state index in [1.807, 2.05) is 0 Å². The Morgan fingerprint density at radius 3 is 2.47 bits per heavy atom. The van der Waals surface area contributed by atoms with Gasteiger partial charge < -0.3 is 15.7 Å². The molecule has 0 saturated carbocycles. The number of carbonyl (C=O) groups is 1. The van der Waals surface area contributed by atoms with E-state index in [-0.39, 0.29) is 11.4 Å². The van der Waals surface area contributed by atoms with Gasteiger partial charge in [-0.1, -0.05) is 23.7 Å². The zero-order chi connectivity index (χ0) is 13.8. The van der Waals surface area contributed by atoms with Gasteiger partial charge in [-0.2, -0.15) is 0 Å². The summed E-state index contributed by atoms with van der Waals surface area (Å²) in [5.41, 5.74) is 0.378. The molecule has 98 valence electrons. The Morgan fingerprint density at radius 2 is 1.79 bits per heavy atom. The summed E-state index contributed by atoms with van der Waals surface area (Å²) in [7, 11) is 0. The lowest BCUT2D eigenvalue weighted by atomic mass is 10.3. The van der Waals surface area contributed by atoms with Gasteiger partial charge in [0.15, 0.2) is 0 Å². The van der Waals surface area contributed by atoms with Crippen molar-refractivity contribution in [1.29, 1.82) is 0 Å². The van der Waals surface area contributed by atoms with Crippen molar-refractivity contribution in [2.75, 3.05) is 10.6 Å². The van der Waals surface area contributed by atoms with Crippen molar-refractivity contribution < 1.29 is 14.3 Å². The van der Waals surface area contributed by atoms with Gasteiger partial charge in [-0.05, 0) is 24.3 Å². The fourth-order valence-electron chi connectivity index (χ4n) is 1.44. The number of hydrogen-bond acceptors (Lipinski definition) is 2. The molecule has 0 fully saturated rings. The third-order valence-electron chi connectivity index (χ3n) is 2.32. The fourth-order valence-corrected chi connectivity index (χ4v) is 1.63. The zero-order valence-corrected chi connectivity index (χ0v) is 10.4. The molecule has 0 atom stereocenters. The van der Waals surface area contributed by atoms with Crippen molar-refractivity contribution in [3.05, 3.63) is 53.3 Å². The number of urea groups is 1. The maximum absolute atomic E-state index is 13.4. The number of rotatable bonds is 2. The van der Waals surface area contributed by atoms with Crippen molar-refractivity contribution >= 4 is 29.0 Å². The summed E-state index contributed by atoms with van der Waals surface area (Å²) < 4.78 is 13.4. The molecule has 0 unspecified atom stereocenters. The predicted octanol–water partition coefficient (Wildman–Crippen LogP) is 3.83. The predicted molar refractivity (Wildman–Crippen MR) is 72.2 cm³/mol. The number of aromatic hydroxyl groups is 1. The molecule has 2 rings (SSSR count). The molecule has 0 bridgehead atoms. The highest BCUT2D eigenvalue weighted by Crippen LogP contribution is 2.22. The first-order valence-electron chi connectivity index (χ1n) is 5.37. The number of amides is 2. The van der Waals surface area contributed by atoms with E-state index < -0.39 is 11.8 Å². The number of anilines is 2. The number of phenols is 1. The summed E-state index contributed by atoms with van der Waals surface area (Å²) >= 11 is 5.87. The minimum atomic E-state index is -0.727. The van der Waals surface area contributed by atoms with Gasteiger partial charge in [0.25, 0.3) is 0 Å².